The molecule has 0 aliphatic rings. The number of hydrogen-bond donors (Lipinski definition) is 8. The van der Waals surface area contributed by atoms with Crippen LogP contribution in [0.25, 0.3) is 0 Å². The molecule has 0 rings (SSSR count). The molecule has 0 aliphatic carbocycles. The molecule has 15 nitrogen and oxygen atoms in total. The molecule has 0 bridgehead atoms. The van der Waals surface area contributed by atoms with Gasteiger partial charge in [0.1, 0.15) is 18.1 Å². The first-order chi connectivity index (χ1) is 16.1. The van der Waals surface area contributed by atoms with Crippen molar-refractivity contribution in [1.82, 2.24) is 16.0 Å². The van der Waals surface area contributed by atoms with Gasteiger partial charge in [-0.2, -0.15) is 0 Å². The number of carboxylic acid groups (broad SMARTS) is 4. The van der Waals surface area contributed by atoms with Crippen molar-refractivity contribution in [3.63, 3.8) is 0 Å². The van der Waals surface area contributed by atoms with E-state index in [1.165, 1.54) is 13.8 Å². The Morgan fingerprint density at radius 3 is 1.37 bits per heavy atom. The van der Waals surface area contributed by atoms with Crippen molar-refractivity contribution >= 4 is 41.6 Å². The van der Waals surface area contributed by atoms with Crippen LogP contribution in [0.1, 0.15) is 52.4 Å². The van der Waals surface area contributed by atoms with Gasteiger partial charge in [0, 0.05) is 19.3 Å². The summed E-state index contributed by atoms with van der Waals surface area (Å²) >= 11 is 0. The zero-order valence-electron chi connectivity index (χ0n) is 19.4. The lowest BCUT2D eigenvalue weighted by Crippen LogP contribution is -2.57. The van der Waals surface area contributed by atoms with Crippen LogP contribution in [0, 0.1) is 5.92 Å². The third kappa shape index (κ3) is 12.9. The maximum absolute atomic E-state index is 12.8. The van der Waals surface area contributed by atoms with Gasteiger partial charge >= 0.3 is 23.9 Å². The number of amides is 3. The van der Waals surface area contributed by atoms with Gasteiger partial charge < -0.3 is 42.1 Å². The van der Waals surface area contributed by atoms with Crippen LogP contribution in [0.3, 0.4) is 0 Å². The van der Waals surface area contributed by atoms with Crippen molar-refractivity contribution in [2.45, 2.75) is 76.5 Å². The van der Waals surface area contributed by atoms with Crippen LogP contribution >= 0.6 is 0 Å². The van der Waals surface area contributed by atoms with Crippen LogP contribution in [-0.4, -0.2) is 86.2 Å². The van der Waals surface area contributed by atoms with Crippen molar-refractivity contribution in [3.8, 4) is 0 Å². The lowest BCUT2D eigenvalue weighted by atomic mass is 10.0. The zero-order valence-corrected chi connectivity index (χ0v) is 19.4. The minimum absolute atomic E-state index is 0.260. The molecule has 0 aromatic heterocycles. The Kier molecular flexibility index (Phi) is 13.6. The summed E-state index contributed by atoms with van der Waals surface area (Å²) in [4.78, 5) is 81.7. The molecule has 9 N–H and O–H groups in total. The highest BCUT2D eigenvalue weighted by molar-refractivity contribution is 5.94. The van der Waals surface area contributed by atoms with Crippen LogP contribution in [0.5, 0.6) is 0 Å². The number of nitrogens with two attached hydrogens (primary N) is 1. The summed E-state index contributed by atoms with van der Waals surface area (Å²) in [6.07, 6.45) is -2.67. The Balaban J connectivity index is 5.61. The number of carbonyl (C=O) groups excluding carboxylic acids is 3. The number of carbonyl (C=O) groups is 7. The van der Waals surface area contributed by atoms with E-state index >= 15 is 0 Å². The van der Waals surface area contributed by atoms with E-state index in [1.54, 1.807) is 0 Å². The summed E-state index contributed by atoms with van der Waals surface area (Å²) in [6.45, 7) is 3.05. The molecule has 0 spiro atoms. The molecule has 0 fully saturated rings. The molecule has 0 heterocycles. The summed E-state index contributed by atoms with van der Waals surface area (Å²) in [5.74, 6) is -8.64. The minimum atomic E-state index is -1.51. The van der Waals surface area contributed by atoms with E-state index in [1.807, 2.05) is 0 Å². The summed E-state index contributed by atoms with van der Waals surface area (Å²) in [7, 11) is 0. The lowest BCUT2D eigenvalue weighted by molar-refractivity contribution is -0.144. The molecular formula is C20H32N4O11. The standard InChI is InChI=1S/C20H32N4O11/c1-9(2)16(20(34)35)24-19(33)12(5-8-15(29)30)23-18(32)11(4-7-14(27)28)22-17(31)10(21)3-6-13(25)26/h9-12,16H,3-8,21H2,1-2H3,(H,22,31)(H,23,32)(H,24,33)(H,25,26)(H,27,28)(H,29,30)(H,34,35). The average Bonchev–Trinajstić information content (AvgIpc) is 2.74. The van der Waals surface area contributed by atoms with E-state index < -0.39 is 104 Å². The van der Waals surface area contributed by atoms with Gasteiger partial charge in [0.15, 0.2) is 0 Å². The molecule has 0 aliphatic heterocycles. The molecule has 0 radical (unpaired) electrons. The lowest BCUT2D eigenvalue weighted by Gasteiger charge is -2.25. The molecule has 0 aromatic carbocycles. The number of aliphatic carboxylic acids is 4. The maximum Gasteiger partial charge on any atom is 0.326 e. The van der Waals surface area contributed by atoms with Gasteiger partial charge in [-0.25, -0.2) is 4.79 Å². The average molecular weight is 504 g/mol. The monoisotopic (exact) mass is 504 g/mol. The van der Waals surface area contributed by atoms with Crippen LogP contribution in [0.4, 0.5) is 0 Å². The van der Waals surface area contributed by atoms with Gasteiger partial charge in [0.25, 0.3) is 0 Å². The van der Waals surface area contributed by atoms with Gasteiger partial charge in [0.05, 0.1) is 6.04 Å². The molecule has 198 valence electrons. The van der Waals surface area contributed by atoms with Crippen molar-refractivity contribution in [3.05, 3.63) is 0 Å². The SMILES string of the molecule is CC(C)C(NC(=O)C(CCC(=O)O)NC(=O)C(CCC(=O)O)NC(=O)C(N)CCC(=O)O)C(=O)O. The molecule has 0 saturated heterocycles. The van der Waals surface area contributed by atoms with Crippen LogP contribution < -0.4 is 21.7 Å². The molecule has 4 unspecified atom stereocenters. The van der Waals surface area contributed by atoms with Crippen LogP contribution in [-0.2, 0) is 33.6 Å². The Labute approximate surface area is 200 Å². The first-order valence-corrected chi connectivity index (χ1v) is 10.7. The fourth-order valence-electron chi connectivity index (χ4n) is 2.80. The van der Waals surface area contributed by atoms with Crippen LogP contribution in [0.15, 0.2) is 0 Å². The quantitative estimate of drug-likeness (QED) is 0.108. The fraction of sp³-hybridized carbons (Fsp3) is 0.650. The third-order valence-electron chi connectivity index (χ3n) is 4.80. The molecule has 15 heteroatoms. The second kappa shape index (κ2) is 15.2. The molecule has 0 saturated carbocycles. The number of nitrogens with one attached hydrogen (secondary N) is 3. The number of rotatable bonds is 17. The number of hydrogen-bond acceptors (Lipinski definition) is 8. The van der Waals surface area contributed by atoms with E-state index in [0.717, 1.165) is 0 Å². The Morgan fingerprint density at radius 2 is 1.00 bits per heavy atom. The topological polar surface area (TPSA) is 263 Å². The fourth-order valence-corrected chi connectivity index (χ4v) is 2.80. The molecular weight excluding hydrogens is 472 g/mol. The van der Waals surface area contributed by atoms with E-state index in [0.29, 0.717) is 0 Å². The predicted octanol–water partition coefficient (Wildman–Crippen LogP) is -1.90. The van der Waals surface area contributed by atoms with E-state index in [4.69, 9.17) is 21.1 Å². The number of carboxylic acids is 4. The highest BCUT2D eigenvalue weighted by Gasteiger charge is 2.31. The summed E-state index contributed by atoms with van der Waals surface area (Å²) < 4.78 is 0. The van der Waals surface area contributed by atoms with Crippen molar-refractivity contribution in [2.24, 2.45) is 11.7 Å². The van der Waals surface area contributed by atoms with Gasteiger partial charge in [-0.15, -0.1) is 0 Å². The van der Waals surface area contributed by atoms with E-state index in [-0.39, 0.29) is 6.42 Å². The molecule has 3 amide bonds. The smallest absolute Gasteiger partial charge is 0.326 e. The van der Waals surface area contributed by atoms with Crippen molar-refractivity contribution < 1.29 is 54.0 Å². The van der Waals surface area contributed by atoms with Gasteiger partial charge in [-0.3, -0.25) is 28.8 Å². The second-order valence-electron chi connectivity index (χ2n) is 8.09. The van der Waals surface area contributed by atoms with Crippen molar-refractivity contribution in [2.75, 3.05) is 0 Å². The van der Waals surface area contributed by atoms with Gasteiger partial charge in [-0.1, -0.05) is 13.8 Å². The Morgan fingerprint density at radius 1 is 0.629 bits per heavy atom. The highest BCUT2D eigenvalue weighted by Crippen LogP contribution is 2.07. The molecule has 4 atom stereocenters. The minimum Gasteiger partial charge on any atom is -0.481 e. The van der Waals surface area contributed by atoms with Gasteiger partial charge in [-0.05, 0) is 25.2 Å². The largest absolute Gasteiger partial charge is 0.481 e. The van der Waals surface area contributed by atoms with Gasteiger partial charge in [0.2, 0.25) is 17.7 Å². The highest BCUT2D eigenvalue weighted by atomic mass is 16.4. The third-order valence-corrected chi connectivity index (χ3v) is 4.80. The predicted molar refractivity (Wildman–Crippen MR) is 117 cm³/mol. The maximum atomic E-state index is 12.8. The summed E-state index contributed by atoms with van der Waals surface area (Å²) in [5.41, 5.74) is 5.60. The summed E-state index contributed by atoms with van der Waals surface area (Å²) in [5, 5.41) is 42.5. The normalized spacial score (nSPS) is 14.2. The van der Waals surface area contributed by atoms with Crippen molar-refractivity contribution in [1.29, 1.82) is 0 Å². The Bertz CT molecular complexity index is 815. The summed E-state index contributed by atoms with van der Waals surface area (Å²) in [6, 6.07) is -5.67. The molecule has 0 aromatic rings. The first-order valence-electron chi connectivity index (χ1n) is 10.7. The first kappa shape index (κ1) is 31.2. The van der Waals surface area contributed by atoms with E-state index in [2.05, 4.69) is 16.0 Å². The van der Waals surface area contributed by atoms with Crippen LogP contribution in [0.2, 0.25) is 0 Å². The zero-order chi connectivity index (χ0) is 27.3. The molecule has 35 heavy (non-hydrogen) atoms. The second-order valence-corrected chi connectivity index (χ2v) is 8.09. The van der Waals surface area contributed by atoms with E-state index in [9.17, 15) is 38.7 Å². The Hall–Kier alpha value is -3.75.